The first-order valence-corrected chi connectivity index (χ1v) is 6.43. The number of benzene rings is 1. The molecule has 2 heterocycles. The van der Waals surface area contributed by atoms with Crippen LogP contribution in [0.25, 0.3) is 11.0 Å². The van der Waals surface area contributed by atoms with Crippen LogP contribution in [-0.4, -0.2) is 25.8 Å². The predicted octanol–water partition coefficient (Wildman–Crippen LogP) is 1.78. The number of hydrogen-bond donors (Lipinski definition) is 2. The van der Waals surface area contributed by atoms with Crippen molar-refractivity contribution in [1.82, 2.24) is 14.8 Å². The van der Waals surface area contributed by atoms with E-state index < -0.39 is 11.4 Å². The van der Waals surface area contributed by atoms with Crippen LogP contribution in [0.2, 0.25) is 0 Å². The summed E-state index contributed by atoms with van der Waals surface area (Å²) in [5.41, 5.74) is 1.17. The summed E-state index contributed by atoms with van der Waals surface area (Å²) in [6.45, 7) is 2.08. The number of nitrogens with one attached hydrogen (secondary N) is 1. The van der Waals surface area contributed by atoms with Crippen LogP contribution in [0.5, 0.6) is 0 Å². The van der Waals surface area contributed by atoms with Gasteiger partial charge in [0.05, 0.1) is 18.1 Å². The van der Waals surface area contributed by atoms with E-state index >= 15 is 0 Å². The molecule has 21 heavy (non-hydrogen) atoms. The Balaban J connectivity index is 2.15. The van der Waals surface area contributed by atoms with Gasteiger partial charge in [-0.05, 0) is 12.5 Å². The highest BCUT2D eigenvalue weighted by molar-refractivity contribution is 5.92. The molecule has 0 fully saturated rings. The summed E-state index contributed by atoms with van der Waals surface area (Å²) in [6.07, 6.45) is 1.41. The SMILES string of the molecule is Cc1[nH]c2c(cnn2Cc2ccccc2)c(=O)c1C(=O)O. The summed E-state index contributed by atoms with van der Waals surface area (Å²) in [6, 6.07) is 9.71. The molecule has 0 amide bonds. The fraction of sp³-hybridized carbons (Fsp3) is 0.133. The van der Waals surface area contributed by atoms with E-state index in [9.17, 15) is 9.59 Å². The molecule has 2 aromatic heterocycles. The Kier molecular flexibility index (Phi) is 3.06. The monoisotopic (exact) mass is 283 g/mol. The molecule has 0 bridgehead atoms. The fourth-order valence-electron chi connectivity index (χ4n) is 2.36. The predicted molar refractivity (Wildman–Crippen MR) is 77.6 cm³/mol. The van der Waals surface area contributed by atoms with Gasteiger partial charge in [0.2, 0.25) is 5.43 Å². The number of fused-ring (bicyclic) bond motifs is 1. The molecule has 3 aromatic rings. The van der Waals surface area contributed by atoms with Crippen LogP contribution in [0.15, 0.2) is 41.3 Å². The first-order chi connectivity index (χ1) is 10.1. The van der Waals surface area contributed by atoms with Gasteiger partial charge in [-0.25, -0.2) is 9.48 Å². The van der Waals surface area contributed by atoms with Crippen LogP contribution >= 0.6 is 0 Å². The number of carboxylic acid groups (broad SMARTS) is 1. The zero-order chi connectivity index (χ0) is 15.0. The molecule has 0 radical (unpaired) electrons. The minimum atomic E-state index is -1.23. The minimum Gasteiger partial charge on any atom is -0.477 e. The van der Waals surface area contributed by atoms with Gasteiger partial charge in [-0.1, -0.05) is 30.3 Å². The zero-order valence-corrected chi connectivity index (χ0v) is 11.3. The summed E-state index contributed by atoms with van der Waals surface area (Å²) in [4.78, 5) is 26.3. The first-order valence-electron chi connectivity index (χ1n) is 6.43. The van der Waals surface area contributed by atoms with Crippen LogP contribution in [0.3, 0.4) is 0 Å². The largest absolute Gasteiger partial charge is 0.477 e. The lowest BCUT2D eigenvalue weighted by Gasteiger charge is -2.06. The lowest BCUT2D eigenvalue weighted by molar-refractivity contribution is 0.0694. The van der Waals surface area contributed by atoms with Crippen molar-refractivity contribution in [1.29, 1.82) is 0 Å². The van der Waals surface area contributed by atoms with E-state index in [0.29, 0.717) is 17.9 Å². The van der Waals surface area contributed by atoms with Gasteiger partial charge in [-0.15, -0.1) is 0 Å². The van der Waals surface area contributed by atoms with Crippen LogP contribution < -0.4 is 5.43 Å². The Morgan fingerprint density at radius 3 is 2.71 bits per heavy atom. The van der Waals surface area contributed by atoms with E-state index in [-0.39, 0.29) is 10.9 Å². The van der Waals surface area contributed by atoms with Gasteiger partial charge in [0.1, 0.15) is 11.2 Å². The first kappa shape index (κ1) is 13.1. The third-order valence-corrected chi connectivity index (χ3v) is 3.38. The lowest BCUT2D eigenvalue weighted by Crippen LogP contribution is -2.18. The van der Waals surface area contributed by atoms with Crippen molar-refractivity contribution in [3.63, 3.8) is 0 Å². The van der Waals surface area contributed by atoms with Gasteiger partial charge >= 0.3 is 5.97 Å². The summed E-state index contributed by atoms with van der Waals surface area (Å²) in [5, 5.41) is 13.6. The van der Waals surface area contributed by atoms with E-state index in [4.69, 9.17) is 5.11 Å². The second kappa shape index (κ2) is 4.90. The van der Waals surface area contributed by atoms with E-state index in [2.05, 4.69) is 10.1 Å². The average molecular weight is 283 g/mol. The number of aryl methyl sites for hydroxylation is 1. The van der Waals surface area contributed by atoms with Crippen LogP contribution in [0.1, 0.15) is 21.6 Å². The Morgan fingerprint density at radius 1 is 1.33 bits per heavy atom. The van der Waals surface area contributed by atoms with Crippen molar-refractivity contribution < 1.29 is 9.90 Å². The molecule has 3 rings (SSSR count). The van der Waals surface area contributed by atoms with Gasteiger partial charge in [0, 0.05) is 5.69 Å². The van der Waals surface area contributed by atoms with Gasteiger partial charge in [0.25, 0.3) is 0 Å². The topological polar surface area (TPSA) is 88.0 Å². The van der Waals surface area contributed by atoms with E-state index in [0.717, 1.165) is 5.56 Å². The second-order valence-electron chi connectivity index (χ2n) is 4.81. The molecule has 0 saturated carbocycles. The molecule has 0 saturated heterocycles. The van der Waals surface area contributed by atoms with Crippen LogP contribution in [0, 0.1) is 6.92 Å². The average Bonchev–Trinajstić information content (AvgIpc) is 2.83. The molecule has 0 atom stereocenters. The molecule has 0 unspecified atom stereocenters. The van der Waals surface area contributed by atoms with E-state index in [1.165, 1.54) is 6.20 Å². The summed E-state index contributed by atoms with van der Waals surface area (Å²) in [5.74, 6) is -1.23. The molecular formula is C15H13N3O3. The van der Waals surface area contributed by atoms with Gasteiger partial charge in [-0.2, -0.15) is 5.10 Å². The number of aromatic amines is 1. The highest BCUT2D eigenvalue weighted by Crippen LogP contribution is 2.13. The summed E-state index contributed by atoms with van der Waals surface area (Å²) >= 11 is 0. The third kappa shape index (κ3) is 2.20. The number of aromatic carboxylic acids is 1. The summed E-state index contributed by atoms with van der Waals surface area (Å²) in [7, 11) is 0. The highest BCUT2D eigenvalue weighted by atomic mass is 16.4. The smallest absolute Gasteiger partial charge is 0.341 e. The molecule has 2 N–H and O–H groups in total. The number of hydrogen-bond acceptors (Lipinski definition) is 3. The summed E-state index contributed by atoms with van der Waals surface area (Å²) < 4.78 is 1.66. The van der Waals surface area contributed by atoms with Crippen molar-refractivity contribution in [3.05, 3.63) is 63.6 Å². The van der Waals surface area contributed by atoms with Crippen molar-refractivity contribution in [2.75, 3.05) is 0 Å². The minimum absolute atomic E-state index is 0.234. The number of pyridine rings is 1. The zero-order valence-electron chi connectivity index (χ0n) is 11.3. The van der Waals surface area contributed by atoms with Crippen LogP contribution in [-0.2, 0) is 6.54 Å². The van der Waals surface area contributed by atoms with Gasteiger partial charge in [0.15, 0.2) is 0 Å². The maximum atomic E-state index is 12.2. The molecule has 6 heteroatoms. The number of aromatic nitrogens is 3. The van der Waals surface area contributed by atoms with Crippen molar-refractivity contribution in [3.8, 4) is 0 Å². The van der Waals surface area contributed by atoms with Crippen LogP contribution in [0.4, 0.5) is 0 Å². The second-order valence-corrected chi connectivity index (χ2v) is 4.81. The van der Waals surface area contributed by atoms with Gasteiger partial charge < -0.3 is 10.1 Å². The molecule has 106 valence electrons. The lowest BCUT2D eigenvalue weighted by atomic mass is 10.1. The number of carbonyl (C=O) groups is 1. The Labute approximate surface area is 119 Å². The van der Waals surface area contributed by atoms with Gasteiger partial charge in [-0.3, -0.25) is 4.79 Å². The van der Waals surface area contributed by atoms with Crippen molar-refractivity contribution in [2.45, 2.75) is 13.5 Å². The van der Waals surface area contributed by atoms with E-state index in [1.807, 2.05) is 30.3 Å². The normalized spacial score (nSPS) is 10.9. The Morgan fingerprint density at radius 2 is 2.05 bits per heavy atom. The molecule has 0 aliphatic rings. The molecule has 0 spiro atoms. The fourth-order valence-corrected chi connectivity index (χ4v) is 2.36. The molecule has 6 nitrogen and oxygen atoms in total. The Hall–Kier alpha value is -2.89. The van der Waals surface area contributed by atoms with E-state index in [1.54, 1.807) is 11.6 Å². The number of carboxylic acids is 1. The number of rotatable bonds is 3. The van der Waals surface area contributed by atoms with Crippen molar-refractivity contribution in [2.24, 2.45) is 0 Å². The Bertz CT molecular complexity index is 878. The molecule has 1 aromatic carbocycles. The maximum Gasteiger partial charge on any atom is 0.341 e. The molecule has 0 aliphatic carbocycles. The quantitative estimate of drug-likeness (QED) is 0.767. The molecular weight excluding hydrogens is 270 g/mol. The number of H-pyrrole nitrogens is 1. The standard InChI is InChI=1S/C15H13N3O3/c1-9-12(15(20)21)13(19)11-7-16-18(14(11)17-9)8-10-5-3-2-4-6-10/h2-7H,8H2,1H3,(H,17,19)(H,20,21). The number of nitrogens with zero attached hydrogens (tertiary/aromatic N) is 2. The third-order valence-electron chi connectivity index (χ3n) is 3.38. The van der Waals surface area contributed by atoms with Crippen molar-refractivity contribution >= 4 is 17.0 Å². The maximum absolute atomic E-state index is 12.2. The molecule has 0 aliphatic heterocycles. The highest BCUT2D eigenvalue weighted by Gasteiger charge is 2.18.